The monoisotopic (exact) mass is 100 g/mol. The molecule has 0 aliphatic carbocycles. The van der Waals surface area contributed by atoms with Gasteiger partial charge >= 0.3 is 0 Å². The Kier molecular flexibility index (Phi) is 3.42. The Morgan fingerprint density at radius 2 is 2.43 bits per heavy atom. The van der Waals surface area contributed by atoms with Crippen LogP contribution in [-0.2, 0) is 0 Å². The van der Waals surface area contributed by atoms with E-state index in [9.17, 15) is 0 Å². The van der Waals surface area contributed by atoms with Crippen molar-refractivity contribution in [3.63, 3.8) is 0 Å². The summed E-state index contributed by atoms with van der Waals surface area (Å²) in [5.41, 5.74) is 6.42. The van der Waals surface area contributed by atoms with Crippen molar-refractivity contribution in [2.75, 3.05) is 13.6 Å². The summed E-state index contributed by atoms with van der Waals surface area (Å²) in [5, 5.41) is 2.88. The zero-order valence-corrected chi connectivity index (χ0v) is 4.86. The molecule has 0 bridgehead atoms. The van der Waals surface area contributed by atoms with Gasteiger partial charge in [0.2, 0.25) is 0 Å². The molecule has 3 N–H and O–H groups in total. The molecule has 0 aromatic heterocycles. The van der Waals surface area contributed by atoms with Gasteiger partial charge < -0.3 is 11.1 Å². The molecule has 0 aromatic carbocycles. The fourth-order valence-corrected chi connectivity index (χ4v) is 0.305. The second-order valence-corrected chi connectivity index (χ2v) is 1.48. The Bertz CT molecular complexity index is 66.5. The molecule has 0 fully saturated rings. The van der Waals surface area contributed by atoms with Crippen LogP contribution in [0.1, 0.15) is 6.92 Å². The number of hydrogen-bond donors (Lipinski definition) is 2. The van der Waals surface area contributed by atoms with E-state index < -0.39 is 0 Å². The third-order valence-corrected chi connectivity index (χ3v) is 0.713. The first kappa shape index (κ1) is 6.50. The number of nitrogens with one attached hydrogen (secondary N) is 1. The first-order chi connectivity index (χ1) is 3.31. The van der Waals surface area contributed by atoms with Gasteiger partial charge in [-0.15, -0.1) is 0 Å². The molecule has 0 rings (SSSR count). The second kappa shape index (κ2) is 3.68. The predicted octanol–water partition coefficient (Wildman–Crippen LogP) is 0.0683. The van der Waals surface area contributed by atoms with E-state index in [0.29, 0.717) is 6.54 Å². The van der Waals surface area contributed by atoms with Crippen LogP contribution < -0.4 is 11.1 Å². The number of nitrogens with two attached hydrogens (primary N) is 1. The Labute approximate surface area is 44.4 Å². The normalized spacial score (nSPS) is 11.6. The van der Waals surface area contributed by atoms with Gasteiger partial charge in [0, 0.05) is 13.6 Å². The van der Waals surface area contributed by atoms with E-state index in [1.807, 2.05) is 20.2 Å². The van der Waals surface area contributed by atoms with Crippen LogP contribution in [0.25, 0.3) is 0 Å². The van der Waals surface area contributed by atoms with Gasteiger partial charge in [-0.1, -0.05) is 0 Å². The van der Waals surface area contributed by atoms with Crippen molar-refractivity contribution in [1.29, 1.82) is 0 Å². The molecule has 0 saturated carbocycles. The van der Waals surface area contributed by atoms with Gasteiger partial charge in [-0.05, 0) is 18.7 Å². The first-order valence-corrected chi connectivity index (χ1v) is 2.34. The molecule has 0 heterocycles. The summed E-state index contributed by atoms with van der Waals surface area (Å²) < 4.78 is 0. The molecule has 0 saturated heterocycles. The highest BCUT2D eigenvalue weighted by atomic mass is 14.8. The van der Waals surface area contributed by atoms with Crippen molar-refractivity contribution in [2.45, 2.75) is 6.92 Å². The molecule has 0 amide bonds. The highest BCUT2D eigenvalue weighted by Gasteiger charge is 1.76. The summed E-state index contributed by atoms with van der Waals surface area (Å²) >= 11 is 0. The summed E-state index contributed by atoms with van der Waals surface area (Å²) in [6, 6.07) is 0. The van der Waals surface area contributed by atoms with Gasteiger partial charge in [-0.25, -0.2) is 0 Å². The lowest BCUT2D eigenvalue weighted by atomic mass is 10.3. The predicted molar refractivity (Wildman–Crippen MR) is 31.9 cm³/mol. The maximum atomic E-state index is 5.25. The molecule has 0 unspecified atom stereocenters. The summed E-state index contributed by atoms with van der Waals surface area (Å²) in [6.07, 6.45) is 1.89. The van der Waals surface area contributed by atoms with Crippen LogP contribution in [0.4, 0.5) is 0 Å². The lowest BCUT2D eigenvalue weighted by Gasteiger charge is -1.91. The maximum Gasteiger partial charge on any atom is 0.0151 e. The molecule has 2 heteroatoms. The van der Waals surface area contributed by atoms with E-state index >= 15 is 0 Å². The van der Waals surface area contributed by atoms with Gasteiger partial charge in [0.1, 0.15) is 0 Å². The zero-order chi connectivity index (χ0) is 5.70. The number of rotatable bonds is 2. The molecular weight excluding hydrogens is 88.1 g/mol. The first-order valence-electron chi connectivity index (χ1n) is 2.34. The van der Waals surface area contributed by atoms with Gasteiger partial charge in [-0.2, -0.15) is 0 Å². The highest BCUT2D eigenvalue weighted by Crippen LogP contribution is 1.80. The van der Waals surface area contributed by atoms with Crippen LogP contribution in [0, 0.1) is 0 Å². The van der Waals surface area contributed by atoms with Crippen molar-refractivity contribution >= 4 is 0 Å². The van der Waals surface area contributed by atoms with E-state index in [4.69, 9.17) is 5.73 Å². The van der Waals surface area contributed by atoms with Crippen LogP contribution in [0.5, 0.6) is 0 Å². The lowest BCUT2D eigenvalue weighted by molar-refractivity contribution is 1.03. The Morgan fingerprint density at radius 1 is 1.86 bits per heavy atom. The SMILES string of the molecule is CN/C=C(/C)CN. The minimum atomic E-state index is 0.640. The van der Waals surface area contributed by atoms with E-state index in [1.54, 1.807) is 0 Å². The molecule has 0 spiro atoms. The fraction of sp³-hybridized carbons (Fsp3) is 0.600. The molecular formula is C5H12N2. The van der Waals surface area contributed by atoms with Gasteiger partial charge in [-0.3, -0.25) is 0 Å². The molecule has 2 nitrogen and oxygen atoms in total. The minimum absolute atomic E-state index is 0.640. The largest absolute Gasteiger partial charge is 0.394 e. The number of hydrogen-bond acceptors (Lipinski definition) is 2. The van der Waals surface area contributed by atoms with Crippen LogP contribution in [0.3, 0.4) is 0 Å². The van der Waals surface area contributed by atoms with Gasteiger partial charge in [0.15, 0.2) is 0 Å². The smallest absolute Gasteiger partial charge is 0.0151 e. The summed E-state index contributed by atoms with van der Waals surface area (Å²) in [5.74, 6) is 0. The molecule has 0 atom stereocenters. The topological polar surface area (TPSA) is 38.0 Å². The Balaban J connectivity index is 3.29. The molecule has 42 valence electrons. The quantitative estimate of drug-likeness (QED) is 0.515. The molecule has 0 aliphatic heterocycles. The Hall–Kier alpha value is -0.500. The second-order valence-electron chi connectivity index (χ2n) is 1.48. The maximum absolute atomic E-state index is 5.25. The van der Waals surface area contributed by atoms with Gasteiger partial charge in [0.25, 0.3) is 0 Å². The zero-order valence-electron chi connectivity index (χ0n) is 4.86. The average molecular weight is 100 g/mol. The van der Waals surface area contributed by atoms with Crippen molar-refractivity contribution in [2.24, 2.45) is 5.73 Å². The summed E-state index contributed by atoms with van der Waals surface area (Å²) in [6.45, 7) is 2.62. The standard InChI is InChI=1S/C5H12N2/c1-5(3-6)4-7-2/h4,7H,3,6H2,1-2H3/b5-4-. The molecule has 0 aromatic rings. The van der Waals surface area contributed by atoms with Crippen LogP contribution >= 0.6 is 0 Å². The van der Waals surface area contributed by atoms with E-state index in [2.05, 4.69) is 5.32 Å². The molecule has 0 radical (unpaired) electrons. The van der Waals surface area contributed by atoms with E-state index in [1.165, 1.54) is 5.57 Å². The molecule has 0 aliphatic rings. The van der Waals surface area contributed by atoms with Crippen molar-refractivity contribution in [1.82, 2.24) is 5.32 Å². The fourth-order valence-electron chi connectivity index (χ4n) is 0.305. The van der Waals surface area contributed by atoms with Crippen LogP contribution in [0.15, 0.2) is 11.8 Å². The van der Waals surface area contributed by atoms with Crippen molar-refractivity contribution in [3.8, 4) is 0 Å². The summed E-state index contributed by atoms with van der Waals surface area (Å²) in [4.78, 5) is 0. The average Bonchev–Trinajstić information content (AvgIpc) is 1.68. The van der Waals surface area contributed by atoms with E-state index in [0.717, 1.165) is 0 Å². The van der Waals surface area contributed by atoms with Gasteiger partial charge in [0.05, 0.1) is 0 Å². The van der Waals surface area contributed by atoms with Crippen LogP contribution in [-0.4, -0.2) is 13.6 Å². The minimum Gasteiger partial charge on any atom is -0.394 e. The van der Waals surface area contributed by atoms with E-state index in [-0.39, 0.29) is 0 Å². The third kappa shape index (κ3) is 3.33. The highest BCUT2D eigenvalue weighted by molar-refractivity contribution is 4.96. The van der Waals surface area contributed by atoms with Crippen molar-refractivity contribution in [3.05, 3.63) is 11.8 Å². The lowest BCUT2D eigenvalue weighted by Crippen LogP contribution is -2.03. The molecule has 7 heavy (non-hydrogen) atoms. The van der Waals surface area contributed by atoms with Crippen molar-refractivity contribution < 1.29 is 0 Å². The van der Waals surface area contributed by atoms with Crippen LogP contribution in [0.2, 0.25) is 0 Å². The summed E-state index contributed by atoms with van der Waals surface area (Å²) in [7, 11) is 1.86. The third-order valence-electron chi connectivity index (χ3n) is 0.713. The Morgan fingerprint density at radius 3 is 2.57 bits per heavy atom.